The van der Waals surface area contributed by atoms with Crippen molar-refractivity contribution in [3.8, 4) is 0 Å². The molecule has 5 nitrogen and oxygen atoms in total. The fraction of sp³-hybridized carbons (Fsp3) is 0.571. The monoisotopic (exact) mass is 331 g/mol. The Morgan fingerprint density at radius 1 is 1.33 bits per heavy atom. The Morgan fingerprint density at radius 3 is 2.71 bits per heavy atom. The second-order valence-corrected chi connectivity index (χ2v) is 7.43. The summed E-state index contributed by atoms with van der Waals surface area (Å²) in [4.78, 5) is 2.56. The summed E-state index contributed by atoms with van der Waals surface area (Å²) < 4.78 is 26.9. The molecule has 0 unspecified atom stereocenters. The van der Waals surface area contributed by atoms with Crippen molar-refractivity contribution in [2.45, 2.75) is 18.2 Å². The second kappa shape index (κ2) is 7.56. The molecule has 0 aromatic heterocycles. The van der Waals surface area contributed by atoms with Gasteiger partial charge in [0.1, 0.15) is 0 Å². The van der Waals surface area contributed by atoms with Crippen LogP contribution in [0.25, 0.3) is 0 Å². The minimum absolute atomic E-state index is 0.222. The maximum absolute atomic E-state index is 12.2. The first-order valence-electron chi connectivity index (χ1n) is 7.18. The molecule has 0 saturated carbocycles. The Bertz CT molecular complexity index is 572. The topological polar surface area (TPSA) is 61.4 Å². The standard InChI is InChI=1S/C14H22ClN3O2S/c1-12-3-4-13(11-14(12)15)21(19,20)17-5-2-8-18-9-6-16-7-10-18/h3-4,11,16-17H,2,5-10H2,1H3. The molecule has 7 heteroatoms. The van der Waals surface area contributed by atoms with Gasteiger partial charge in [0, 0.05) is 37.7 Å². The van der Waals surface area contributed by atoms with Crippen molar-refractivity contribution in [3.05, 3.63) is 28.8 Å². The van der Waals surface area contributed by atoms with E-state index in [1.165, 1.54) is 6.07 Å². The van der Waals surface area contributed by atoms with Gasteiger partial charge in [-0.2, -0.15) is 0 Å². The van der Waals surface area contributed by atoms with Crippen molar-refractivity contribution in [3.63, 3.8) is 0 Å². The number of halogens is 1. The fourth-order valence-electron chi connectivity index (χ4n) is 2.27. The summed E-state index contributed by atoms with van der Waals surface area (Å²) in [5.74, 6) is 0. The van der Waals surface area contributed by atoms with Gasteiger partial charge in [0.15, 0.2) is 0 Å². The van der Waals surface area contributed by atoms with Gasteiger partial charge in [-0.3, -0.25) is 0 Å². The molecule has 0 aliphatic carbocycles. The average molecular weight is 332 g/mol. The van der Waals surface area contributed by atoms with Gasteiger partial charge in [-0.25, -0.2) is 13.1 Å². The minimum Gasteiger partial charge on any atom is -0.314 e. The minimum atomic E-state index is -3.47. The molecule has 0 radical (unpaired) electrons. The molecule has 2 rings (SSSR count). The summed E-state index contributed by atoms with van der Waals surface area (Å²) in [5, 5.41) is 3.77. The molecular formula is C14H22ClN3O2S. The molecule has 21 heavy (non-hydrogen) atoms. The number of nitrogens with one attached hydrogen (secondary N) is 2. The van der Waals surface area contributed by atoms with E-state index in [0.29, 0.717) is 11.6 Å². The largest absolute Gasteiger partial charge is 0.314 e. The molecule has 1 aliphatic heterocycles. The molecule has 1 aromatic carbocycles. The molecule has 1 fully saturated rings. The number of piperazine rings is 1. The molecule has 1 heterocycles. The number of hydrogen-bond donors (Lipinski definition) is 2. The molecule has 1 saturated heterocycles. The first-order valence-corrected chi connectivity index (χ1v) is 9.04. The van der Waals surface area contributed by atoms with Crippen molar-refractivity contribution in [2.75, 3.05) is 39.3 Å². The summed E-state index contributed by atoms with van der Waals surface area (Å²) in [7, 11) is -3.47. The third-order valence-electron chi connectivity index (χ3n) is 3.61. The molecule has 0 bridgehead atoms. The van der Waals surface area contributed by atoms with Crippen LogP contribution in [0.2, 0.25) is 5.02 Å². The van der Waals surface area contributed by atoms with Gasteiger partial charge in [-0.05, 0) is 37.6 Å². The van der Waals surface area contributed by atoms with Crippen LogP contribution in [0, 0.1) is 6.92 Å². The third-order valence-corrected chi connectivity index (χ3v) is 5.47. The van der Waals surface area contributed by atoms with E-state index in [1.54, 1.807) is 12.1 Å². The van der Waals surface area contributed by atoms with E-state index in [9.17, 15) is 8.42 Å². The van der Waals surface area contributed by atoms with Crippen LogP contribution in [-0.4, -0.2) is 52.6 Å². The smallest absolute Gasteiger partial charge is 0.240 e. The number of aryl methyl sites for hydroxylation is 1. The fourth-order valence-corrected chi connectivity index (χ4v) is 3.61. The van der Waals surface area contributed by atoms with Crippen LogP contribution in [-0.2, 0) is 10.0 Å². The molecule has 1 aromatic rings. The third kappa shape index (κ3) is 4.93. The van der Waals surface area contributed by atoms with E-state index >= 15 is 0 Å². The first kappa shape index (κ1) is 16.7. The van der Waals surface area contributed by atoms with Crippen LogP contribution in [0.1, 0.15) is 12.0 Å². The number of rotatable bonds is 6. The molecule has 0 atom stereocenters. The van der Waals surface area contributed by atoms with Crippen molar-refractivity contribution < 1.29 is 8.42 Å². The van der Waals surface area contributed by atoms with Gasteiger partial charge >= 0.3 is 0 Å². The molecular weight excluding hydrogens is 310 g/mol. The normalized spacial score (nSPS) is 17.0. The van der Waals surface area contributed by atoms with Crippen molar-refractivity contribution in [1.82, 2.24) is 14.9 Å². The van der Waals surface area contributed by atoms with E-state index in [-0.39, 0.29) is 4.90 Å². The van der Waals surface area contributed by atoms with E-state index in [4.69, 9.17) is 11.6 Å². The Hall–Kier alpha value is -0.660. The highest BCUT2D eigenvalue weighted by Crippen LogP contribution is 2.19. The van der Waals surface area contributed by atoms with E-state index < -0.39 is 10.0 Å². The lowest BCUT2D eigenvalue weighted by atomic mass is 10.2. The lowest BCUT2D eigenvalue weighted by Crippen LogP contribution is -2.44. The zero-order valence-electron chi connectivity index (χ0n) is 12.2. The molecule has 0 amide bonds. The Balaban J connectivity index is 1.82. The van der Waals surface area contributed by atoms with Gasteiger partial charge < -0.3 is 10.2 Å². The Kier molecular flexibility index (Phi) is 6.01. The van der Waals surface area contributed by atoms with Gasteiger partial charge in [-0.1, -0.05) is 17.7 Å². The van der Waals surface area contributed by atoms with Crippen LogP contribution in [0.15, 0.2) is 23.1 Å². The van der Waals surface area contributed by atoms with E-state index in [0.717, 1.165) is 44.7 Å². The van der Waals surface area contributed by atoms with Crippen molar-refractivity contribution >= 4 is 21.6 Å². The lowest BCUT2D eigenvalue weighted by Gasteiger charge is -2.27. The quantitative estimate of drug-likeness (QED) is 0.770. The summed E-state index contributed by atoms with van der Waals surface area (Å²) in [6, 6.07) is 4.80. The van der Waals surface area contributed by atoms with E-state index in [1.807, 2.05) is 6.92 Å². The highest BCUT2D eigenvalue weighted by atomic mass is 35.5. The highest BCUT2D eigenvalue weighted by Gasteiger charge is 2.15. The summed E-state index contributed by atoms with van der Waals surface area (Å²) in [5.41, 5.74) is 0.870. The first-order chi connectivity index (χ1) is 9.99. The van der Waals surface area contributed by atoms with Crippen LogP contribution in [0.4, 0.5) is 0 Å². The van der Waals surface area contributed by atoms with Gasteiger partial charge in [0.2, 0.25) is 10.0 Å². The van der Waals surface area contributed by atoms with Gasteiger partial charge in [0.05, 0.1) is 4.90 Å². The summed E-state index contributed by atoms with van der Waals surface area (Å²) in [6.07, 6.45) is 0.804. The zero-order valence-corrected chi connectivity index (χ0v) is 13.8. The Morgan fingerprint density at radius 2 is 2.05 bits per heavy atom. The Labute approximate surface area is 131 Å². The van der Waals surface area contributed by atoms with Crippen LogP contribution in [0.5, 0.6) is 0 Å². The van der Waals surface area contributed by atoms with Crippen LogP contribution in [0.3, 0.4) is 0 Å². The lowest BCUT2D eigenvalue weighted by molar-refractivity contribution is 0.239. The second-order valence-electron chi connectivity index (χ2n) is 5.25. The molecule has 1 aliphatic rings. The SMILES string of the molecule is Cc1ccc(S(=O)(=O)NCCCN2CCNCC2)cc1Cl. The summed E-state index contributed by atoms with van der Waals surface area (Å²) in [6.45, 7) is 7.28. The maximum Gasteiger partial charge on any atom is 0.240 e. The molecule has 0 spiro atoms. The number of hydrogen-bond acceptors (Lipinski definition) is 4. The summed E-state index contributed by atoms with van der Waals surface area (Å²) >= 11 is 5.98. The van der Waals surface area contributed by atoms with Gasteiger partial charge in [-0.15, -0.1) is 0 Å². The average Bonchev–Trinajstić information content (AvgIpc) is 2.47. The van der Waals surface area contributed by atoms with Crippen LogP contribution < -0.4 is 10.0 Å². The molecule has 118 valence electrons. The highest BCUT2D eigenvalue weighted by molar-refractivity contribution is 7.89. The number of sulfonamides is 1. The van der Waals surface area contributed by atoms with Crippen molar-refractivity contribution in [1.29, 1.82) is 0 Å². The maximum atomic E-state index is 12.2. The number of benzene rings is 1. The number of nitrogens with zero attached hydrogens (tertiary/aromatic N) is 1. The predicted octanol–water partition coefficient (Wildman–Crippen LogP) is 1.22. The van der Waals surface area contributed by atoms with E-state index in [2.05, 4.69) is 14.9 Å². The predicted molar refractivity (Wildman–Crippen MR) is 85.3 cm³/mol. The van der Waals surface area contributed by atoms with Crippen molar-refractivity contribution in [2.24, 2.45) is 0 Å². The zero-order chi connectivity index (χ0) is 15.3. The van der Waals surface area contributed by atoms with Crippen LogP contribution >= 0.6 is 11.6 Å². The van der Waals surface area contributed by atoms with Gasteiger partial charge in [0.25, 0.3) is 0 Å². The molecule has 2 N–H and O–H groups in total.